The molecule has 0 spiro atoms. The zero-order chi connectivity index (χ0) is 13.3. The number of rotatable bonds is 7. The van der Waals surface area contributed by atoms with Gasteiger partial charge in [0.15, 0.2) is 0 Å². The van der Waals surface area contributed by atoms with Crippen molar-refractivity contribution in [2.75, 3.05) is 6.54 Å². The minimum atomic E-state index is 0.955. The fourth-order valence-electron chi connectivity index (χ4n) is 2.24. The Morgan fingerprint density at radius 2 is 1.84 bits per heavy atom. The molecular weight excluding hydrogens is 232 g/mol. The summed E-state index contributed by atoms with van der Waals surface area (Å²) in [5, 5.41) is 3.52. The fourth-order valence-corrected chi connectivity index (χ4v) is 2.24. The number of aryl methyl sites for hydroxylation is 1. The average molecular weight is 254 g/mol. The smallest absolute Gasteiger partial charge is 0.0300 e. The van der Waals surface area contributed by atoms with Crippen molar-refractivity contribution < 1.29 is 0 Å². The lowest BCUT2D eigenvalue weighted by molar-refractivity contribution is 0.679. The molecule has 1 heterocycles. The van der Waals surface area contributed by atoms with Gasteiger partial charge in [-0.25, -0.2) is 0 Å². The molecule has 1 N–H and O–H groups in total. The summed E-state index contributed by atoms with van der Waals surface area (Å²) in [5.74, 6) is 0. The first-order valence-electron chi connectivity index (χ1n) is 7.06. The van der Waals surface area contributed by atoms with E-state index in [1.54, 1.807) is 0 Å². The topological polar surface area (TPSA) is 24.9 Å². The molecule has 2 aromatic rings. The summed E-state index contributed by atoms with van der Waals surface area (Å²) < 4.78 is 0. The van der Waals surface area contributed by atoms with Crippen LogP contribution in [0.4, 0.5) is 0 Å². The van der Waals surface area contributed by atoms with Crippen LogP contribution in [0, 0.1) is 0 Å². The lowest BCUT2D eigenvalue weighted by Crippen LogP contribution is -2.17. The largest absolute Gasteiger partial charge is 0.312 e. The van der Waals surface area contributed by atoms with E-state index in [2.05, 4.69) is 47.6 Å². The molecule has 0 saturated carbocycles. The second-order valence-electron chi connectivity index (χ2n) is 4.81. The van der Waals surface area contributed by atoms with Gasteiger partial charge in [-0.1, -0.05) is 43.7 Å². The number of aromatic nitrogens is 1. The Balaban J connectivity index is 1.79. The molecule has 0 fully saturated rings. The predicted molar refractivity (Wildman–Crippen MR) is 80.1 cm³/mol. The molecule has 0 saturated heterocycles. The number of nitrogens with one attached hydrogen (secondary N) is 1. The fraction of sp³-hybridized carbons (Fsp3) is 0.353. The van der Waals surface area contributed by atoms with Gasteiger partial charge in [-0.3, -0.25) is 4.98 Å². The molecule has 0 unspecified atom stereocenters. The van der Waals surface area contributed by atoms with Gasteiger partial charge in [-0.05, 0) is 42.1 Å². The van der Waals surface area contributed by atoms with E-state index in [1.165, 1.54) is 29.5 Å². The van der Waals surface area contributed by atoms with Gasteiger partial charge in [0, 0.05) is 18.9 Å². The highest BCUT2D eigenvalue weighted by Gasteiger charge is 2.00. The Morgan fingerprint density at radius 3 is 2.58 bits per heavy atom. The molecule has 0 atom stereocenters. The van der Waals surface area contributed by atoms with Crippen LogP contribution < -0.4 is 5.32 Å². The van der Waals surface area contributed by atoms with Gasteiger partial charge in [-0.2, -0.15) is 0 Å². The first-order chi connectivity index (χ1) is 9.40. The highest BCUT2D eigenvalue weighted by Crippen LogP contribution is 2.10. The van der Waals surface area contributed by atoms with E-state index in [4.69, 9.17) is 0 Å². The summed E-state index contributed by atoms with van der Waals surface area (Å²) in [6.45, 7) is 4.18. The Hall–Kier alpha value is -1.67. The summed E-state index contributed by atoms with van der Waals surface area (Å²) in [4.78, 5) is 4.13. The van der Waals surface area contributed by atoms with Crippen molar-refractivity contribution in [1.82, 2.24) is 10.3 Å². The third kappa shape index (κ3) is 4.49. The van der Waals surface area contributed by atoms with Gasteiger partial charge in [-0.15, -0.1) is 0 Å². The van der Waals surface area contributed by atoms with Crippen LogP contribution in [-0.4, -0.2) is 11.5 Å². The molecule has 100 valence electrons. The summed E-state index contributed by atoms with van der Waals surface area (Å²) in [6, 6.07) is 12.8. The van der Waals surface area contributed by atoms with E-state index >= 15 is 0 Å². The highest BCUT2D eigenvalue weighted by molar-refractivity contribution is 5.27. The molecule has 0 aliphatic carbocycles. The van der Waals surface area contributed by atoms with Gasteiger partial charge in [0.25, 0.3) is 0 Å². The summed E-state index contributed by atoms with van der Waals surface area (Å²) in [7, 11) is 0. The van der Waals surface area contributed by atoms with Gasteiger partial charge >= 0.3 is 0 Å². The molecule has 1 aromatic heterocycles. The Morgan fingerprint density at radius 1 is 1.00 bits per heavy atom. The first kappa shape index (κ1) is 13.8. The SMILES string of the molecule is CCCc1ccccc1CNCCc1cccnc1. The minimum Gasteiger partial charge on any atom is -0.312 e. The van der Waals surface area contributed by atoms with E-state index in [-0.39, 0.29) is 0 Å². The van der Waals surface area contributed by atoms with Crippen molar-refractivity contribution in [3.8, 4) is 0 Å². The number of hydrogen-bond acceptors (Lipinski definition) is 2. The lowest BCUT2D eigenvalue weighted by Gasteiger charge is -2.10. The van der Waals surface area contributed by atoms with E-state index in [0.29, 0.717) is 0 Å². The average Bonchev–Trinajstić information content (AvgIpc) is 2.47. The maximum absolute atomic E-state index is 4.13. The molecule has 2 heteroatoms. The van der Waals surface area contributed by atoms with Crippen LogP contribution in [0.5, 0.6) is 0 Å². The summed E-state index contributed by atoms with van der Waals surface area (Å²) >= 11 is 0. The first-order valence-corrected chi connectivity index (χ1v) is 7.06. The van der Waals surface area contributed by atoms with Crippen LogP contribution in [0.3, 0.4) is 0 Å². The van der Waals surface area contributed by atoms with Crippen molar-refractivity contribution in [3.63, 3.8) is 0 Å². The number of hydrogen-bond donors (Lipinski definition) is 1. The Bertz CT molecular complexity index is 480. The summed E-state index contributed by atoms with van der Waals surface area (Å²) in [6.07, 6.45) is 7.15. The highest BCUT2D eigenvalue weighted by atomic mass is 14.8. The second kappa shape index (κ2) is 7.70. The number of pyridine rings is 1. The Kier molecular flexibility index (Phi) is 5.57. The van der Waals surface area contributed by atoms with E-state index in [0.717, 1.165) is 19.5 Å². The minimum absolute atomic E-state index is 0.955. The van der Waals surface area contributed by atoms with Gasteiger partial charge in [0.2, 0.25) is 0 Å². The monoisotopic (exact) mass is 254 g/mol. The third-order valence-corrected chi connectivity index (χ3v) is 3.27. The molecule has 2 rings (SSSR count). The standard InChI is InChI=1S/C17H22N2/c1-2-6-16-8-3-4-9-17(16)14-19-12-10-15-7-5-11-18-13-15/h3-5,7-9,11,13,19H,2,6,10,12,14H2,1H3. The molecular formula is C17H22N2. The third-order valence-electron chi connectivity index (χ3n) is 3.27. The zero-order valence-corrected chi connectivity index (χ0v) is 11.6. The van der Waals surface area contributed by atoms with Crippen LogP contribution in [0.25, 0.3) is 0 Å². The van der Waals surface area contributed by atoms with Crippen LogP contribution >= 0.6 is 0 Å². The molecule has 2 nitrogen and oxygen atoms in total. The van der Waals surface area contributed by atoms with Crippen LogP contribution in [0.1, 0.15) is 30.0 Å². The van der Waals surface area contributed by atoms with Gasteiger partial charge < -0.3 is 5.32 Å². The van der Waals surface area contributed by atoms with E-state index in [9.17, 15) is 0 Å². The predicted octanol–water partition coefficient (Wildman–Crippen LogP) is 3.37. The van der Waals surface area contributed by atoms with Crippen molar-refractivity contribution in [2.24, 2.45) is 0 Å². The zero-order valence-electron chi connectivity index (χ0n) is 11.6. The van der Waals surface area contributed by atoms with Gasteiger partial charge in [0.1, 0.15) is 0 Å². The van der Waals surface area contributed by atoms with Crippen LogP contribution in [0.15, 0.2) is 48.8 Å². The maximum atomic E-state index is 4.13. The number of nitrogens with zero attached hydrogens (tertiary/aromatic N) is 1. The van der Waals surface area contributed by atoms with E-state index < -0.39 is 0 Å². The summed E-state index contributed by atoms with van der Waals surface area (Å²) in [5.41, 5.74) is 4.19. The molecule has 0 radical (unpaired) electrons. The second-order valence-corrected chi connectivity index (χ2v) is 4.81. The Labute approximate surface area is 115 Å². The van der Waals surface area contributed by atoms with Crippen molar-refractivity contribution in [3.05, 3.63) is 65.5 Å². The molecule has 1 aromatic carbocycles. The maximum Gasteiger partial charge on any atom is 0.0300 e. The molecule has 0 aliphatic heterocycles. The van der Waals surface area contributed by atoms with Crippen LogP contribution in [-0.2, 0) is 19.4 Å². The van der Waals surface area contributed by atoms with E-state index in [1.807, 2.05) is 18.5 Å². The van der Waals surface area contributed by atoms with Crippen molar-refractivity contribution in [1.29, 1.82) is 0 Å². The number of benzene rings is 1. The molecule has 0 aliphatic rings. The quantitative estimate of drug-likeness (QED) is 0.766. The molecule has 0 amide bonds. The van der Waals surface area contributed by atoms with Gasteiger partial charge in [0.05, 0.1) is 0 Å². The van der Waals surface area contributed by atoms with Crippen molar-refractivity contribution in [2.45, 2.75) is 32.7 Å². The van der Waals surface area contributed by atoms with Crippen LogP contribution in [0.2, 0.25) is 0 Å². The van der Waals surface area contributed by atoms with Crippen molar-refractivity contribution >= 4 is 0 Å². The molecule has 19 heavy (non-hydrogen) atoms. The molecule has 0 bridgehead atoms. The normalized spacial score (nSPS) is 10.6. The lowest BCUT2D eigenvalue weighted by atomic mass is 10.0.